The summed E-state index contributed by atoms with van der Waals surface area (Å²) in [5, 5.41) is 0.925. The summed E-state index contributed by atoms with van der Waals surface area (Å²) >= 11 is 5.49. The molecule has 0 aliphatic carbocycles. The molecule has 0 radical (unpaired) electrons. The number of halogens is 3. The molecular weight excluding hydrogens is 322 g/mol. The van der Waals surface area contributed by atoms with Crippen molar-refractivity contribution in [2.75, 3.05) is 5.33 Å². The van der Waals surface area contributed by atoms with Gasteiger partial charge in [-0.1, -0.05) is 22.0 Å². The lowest BCUT2D eigenvalue weighted by atomic mass is 10.2. The van der Waals surface area contributed by atoms with E-state index < -0.39 is 0 Å². The molecule has 0 atom stereocenters. The second kappa shape index (κ2) is 4.40. The van der Waals surface area contributed by atoms with Gasteiger partial charge in [-0.25, -0.2) is 4.39 Å². The van der Waals surface area contributed by atoms with Gasteiger partial charge < -0.3 is 0 Å². The van der Waals surface area contributed by atoms with Gasteiger partial charge in [0.15, 0.2) is 0 Å². The predicted molar refractivity (Wildman–Crippen MR) is 56.6 cm³/mol. The number of benzene rings is 1. The van der Waals surface area contributed by atoms with E-state index in [4.69, 9.17) is 0 Å². The lowest BCUT2D eigenvalue weighted by molar-refractivity contribution is 0.626. The topological polar surface area (TPSA) is 0 Å². The van der Waals surface area contributed by atoms with E-state index in [0.29, 0.717) is 0 Å². The van der Waals surface area contributed by atoms with Crippen LogP contribution in [0.15, 0.2) is 18.2 Å². The highest BCUT2D eigenvalue weighted by molar-refractivity contribution is 14.1. The van der Waals surface area contributed by atoms with E-state index >= 15 is 0 Å². The number of rotatable bonds is 2. The average Bonchev–Trinajstić information content (AvgIpc) is 1.95. The molecule has 11 heavy (non-hydrogen) atoms. The van der Waals surface area contributed by atoms with E-state index in [-0.39, 0.29) is 5.82 Å². The Bertz CT molecular complexity index is 250. The molecule has 1 aromatic rings. The van der Waals surface area contributed by atoms with Crippen LogP contribution in [0.4, 0.5) is 4.39 Å². The molecule has 0 aromatic heterocycles. The molecular formula is C8H7BrFI. The number of aryl methyl sites for hydroxylation is 1. The molecule has 1 rings (SSSR count). The van der Waals surface area contributed by atoms with Gasteiger partial charge in [0.05, 0.1) is 0 Å². The number of hydrogen-bond donors (Lipinski definition) is 0. The molecule has 0 aliphatic heterocycles. The van der Waals surface area contributed by atoms with Crippen LogP contribution in [0.3, 0.4) is 0 Å². The Balaban J connectivity index is 2.90. The smallest absolute Gasteiger partial charge is 0.124 e. The monoisotopic (exact) mass is 328 g/mol. The lowest BCUT2D eigenvalue weighted by Crippen LogP contribution is -1.90. The van der Waals surface area contributed by atoms with Crippen LogP contribution >= 0.6 is 38.5 Å². The van der Waals surface area contributed by atoms with E-state index in [9.17, 15) is 4.39 Å². The fourth-order valence-corrected chi connectivity index (χ4v) is 2.00. The first-order chi connectivity index (χ1) is 5.24. The summed E-state index contributed by atoms with van der Waals surface area (Å²) in [5.41, 5.74) is 1.20. The van der Waals surface area contributed by atoms with Crippen LogP contribution in [0.25, 0.3) is 0 Å². The molecule has 0 N–H and O–H groups in total. The van der Waals surface area contributed by atoms with Gasteiger partial charge in [0, 0.05) is 8.90 Å². The predicted octanol–water partition coefficient (Wildman–Crippen LogP) is 3.37. The summed E-state index contributed by atoms with van der Waals surface area (Å²) < 4.78 is 13.6. The summed E-state index contributed by atoms with van der Waals surface area (Å²) in [5.74, 6) is -0.160. The maximum atomic E-state index is 12.6. The van der Waals surface area contributed by atoms with Gasteiger partial charge in [0.1, 0.15) is 5.82 Å². The highest BCUT2D eigenvalue weighted by atomic mass is 127. The molecule has 0 amide bonds. The quantitative estimate of drug-likeness (QED) is 0.577. The van der Waals surface area contributed by atoms with Crippen LogP contribution in [-0.2, 0) is 6.42 Å². The Labute approximate surface area is 87.5 Å². The third-order valence-electron chi connectivity index (χ3n) is 1.38. The van der Waals surface area contributed by atoms with E-state index in [1.165, 1.54) is 11.6 Å². The minimum absolute atomic E-state index is 0.160. The molecule has 60 valence electrons. The number of alkyl halides is 1. The van der Waals surface area contributed by atoms with Crippen LogP contribution in [0, 0.1) is 9.39 Å². The normalized spacial score (nSPS) is 10.1. The molecule has 0 fully saturated rings. The molecule has 3 heteroatoms. The maximum Gasteiger partial charge on any atom is 0.124 e. The van der Waals surface area contributed by atoms with Gasteiger partial charge in [-0.15, -0.1) is 0 Å². The van der Waals surface area contributed by atoms with Crippen molar-refractivity contribution in [1.82, 2.24) is 0 Å². The summed E-state index contributed by atoms with van der Waals surface area (Å²) in [6.45, 7) is 0. The highest BCUT2D eigenvalue weighted by Crippen LogP contribution is 2.14. The zero-order chi connectivity index (χ0) is 8.27. The zero-order valence-corrected chi connectivity index (χ0v) is 9.52. The fraction of sp³-hybridized carbons (Fsp3) is 0.250. The van der Waals surface area contributed by atoms with Crippen molar-refractivity contribution in [3.8, 4) is 0 Å². The number of hydrogen-bond acceptors (Lipinski definition) is 0. The van der Waals surface area contributed by atoms with Crippen LogP contribution in [0.2, 0.25) is 0 Å². The van der Waals surface area contributed by atoms with Crippen LogP contribution in [-0.4, -0.2) is 5.33 Å². The van der Waals surface area contributed by atoms with Gasteiger partial charge in [0.25, 0.3) is 0 Å². The van der Waals surface area contributed by atoms with Crippen LogP contribution in [0.5, 0.6) is 0 Å². The molecule has 0 spiro atoms. The van der Waals surface area contributed by atoms with Crippen molar-refractivity contribution in [1.29, 1.82) is 0 Å². The maximum absolute atomic E-state index is 12.6. The second-order valence-corrected chi connectivity index (χ2v) is 4.13. The Hall–Kier alpha value is 0.360. The molecule has 0 unspecified atom stereocenters. The van der Waals surface area contributed by atoms with E-state index in [0.717, 1.165) is 15.3 Å². The van der Waals surface area contributed by atoms with Crippen LogP contribution < -0.4 is 0 Å². The lowest BCUT2D eigenvalue weighted by Gasteiger charge is -2.00. The highest BCUT2D eigenvalue weighted by Gasteiger charge is 1.99. The molecule has 0 saturated heterocycles. The summed E-state index contributed by atoms with van der Waals surface area (Å²) in [7, 11) is 0. The van der Waals surface area contributed by atoms with Crippen molar-refractivity contribution in [2.24, 2.45) is 0 Å². The zero-order valence-electron chi connectivity index (χ0n) is 5.78. The first kappa shape index (κ1) is 9.45. The third-order valence-corrected chi connectivity index (χ3v) is 2.78. The summed E-state index contributed by atoms with van der Waals surface area (Å²) in [6.07, 6.45) is 0.957. The summed E-state index contributed by atoms with van der Waals surface area (Å²) in [6, 6.07) is 4.89. The van der Waals surface area contributed by atoms with Crippen molar-refractivity contribution < 1.29 is 4.39 Å². The summed E-state index contributed by atoms with van der Waals surface area (Å²) in [4.78, 5) is 0. The van der Waals surface area contributed by atoms with Gasteiger partial charge in [0.2, 0.25) is 0 Å². The SMILES string of the molecule is Fc1ccc(CCBr)c(I)c1. The molecule has 0 nitrogen and oxygen atoms in total. The Kier molecular flexibility index (Phi) is 3.78. The van der Waals surface area contributed by atoms with Gasteiger partial charge in [-0.05, 0) is 46.7 Å². The van der Waals surface area contributed by atoms with Crippen LogP contribution in [0.1, 0.15) is 5.56 Å². The van der Waals surface area contributed by atoms with Gasteiger partial charge in [-0.3, -0.25) is 0 Å². The largest absolute Gasteiger partial charge is 0.207 e. The minimum Gasteiger partial charge on any atom is -0.207 e. The standard InChI is InChI=1S/C8H7BrFI/c9-4-3-6-1-2-7(10)5-8(6)11/h1-2,5H,3-4H2. The third kappa shape index (κ3) is 2.71. The Morgan fingerprint density at radius 2 is 2.18 bits per heavy atom. The fourth-order valence-electron chi connectivity index (χ4n) is 0.826. The molecule has 1 aromatic carbocycles. The molecule has 0 bridgehead atoms. The van der Waals surface area contributed by atoms with Gasteiger partial charge in [-0.2, -0.15) is 0 Å². The first-order valence-electron chi connectivity index (χ1n) is 3.24. The van der Waals surface area contributed by atoms with Gasteiger partial charge >= 0.3 is 0 Å². The molecule has 0 heterocycles. The Morgan fingerprint density at radius 1 is 1.45 bits per heavy atom. The van der Waals surface area contributed by atoms with Crippen molar-refractivity contribution in [3.63, 3.8) is 0 Å². The van der Waals surface area contributed by atoms with E-state index in [1.54, 1.807) is 6.07 Å². The first-order valence-corrected chi connectivity index (χ1v) is 5.44. The second-order valence-electron chi connectivity index (χ2n) is 2.17. The van der Waals surface area contributed by atoms with Crippen molar-refractivity contribution in [3.05, 3.63) is 33.1 Å². The Morgan fingerprint density at radius 3 is 2.73 bits per heavy atom. The minimum atomic E-state index is -0.160. The van der Waals surface area contributed by atoms with Crippen molar-refractivity contribution in [2.45, 2.75) is 6.42 Å². The molecule has 0 aliphatic rings. The van der Waals surface area contributed by atoms with Crippen molar-refractivity contribution >= 4 is 38.5 Å². The average molecular weight is 329 g/mol. The van der Waals surface area contributed by atoms with E-state index in [1.807, 2.05) is 6.07 Å². The van der Waals surface area contributed by atoms with E-state index in [2.05, 4.69) is 38.5 Å². The molecule has 0 saturated carbocycles.